The Morgan fingerprint density at radius 3 is 2.38 bits per heavy atom. The first-order chi connectivity index (χ1) is 10.3. The molecule has 1 atom stereocenters. The van der Waals surface area contributed by atoms with Crippen molar-refractivity contribution in [2.75, 3.05) is 53.3 Å². The van der Waals surface area contributed by atoms with Crippen LogP contribution in [0.1, 0.15) is 33.1 Å². The van der Waals surface area contributed by atoms with Crippen molar-refractivity contribution in [3.8, 4) is 0 Å². The number of carbonyl (C=O) groups excluding carboxylic acids is 1. The Labute approximate surface area is 128 Å². The Balaban J connectivity index is 3.60. The van der Waals surface area contributed by atoms with Gasteiger partial charge in [0.2, 0.25) is 0 Å². The van der Waals surface area contributed by atoms with E-state index in [2.05, 4.69) is 12.2 Å². The molecular formula is C15H31NO5. The molecule has 0 amide bonds. The van der Waals surface area contributed by atoms with Gasteiger partial charge in [0.05, 0.1) is 19.8 Å². The van der Waals surface area contributed by atoms with Crippen molar-refractivity contribution in [1.29, 1.82) is 0 Å². The predicted octanol–water partition coefficient (Wildman–Crippen LogP) is 1.38. The fourth-order valence-corrected chi connectivity index (χ4v) is 1.68. The van der Waals surface area contributed by atoms with Crippen LogP contribution in [0.5, 0.6) is 0 Å². The lowest BCUT2D eigenvalue weighted by molar-refractivity contribution is -0.146. The molecular weight excluding hydrogens is 274 g/mol. The highest BCUT2D eigenvalue weighted by atomic mass is 16.5. The van der Waals surface area contributed by atoms with E-state index < -0.39 is 0 Å². The first-order valence-corrected chi connectivity index (χ1v) is 7.80. The summed E-state index contributed by atoms with van der Waals surface area (Å²) < 4.78 is 20.8. The number of methoxy groups -OCH3 is 1. The van der Waals surface area contributed by atoms with E-state index in [-0.39, 0.29) is 12.0 Å². The Bertz CT molecular complexity index is 238. The molecule has 0 radical (unpaired) electrons. The van der Waals surface area contributed by atoms with E-state index >= 15 is 0 Å². The van der Waals surface area contributed by atoms with E-state index in [9.17, 15) is 4.79 Å². The number of hydrogen-bond acceptors (Lipinski definition) is 6. The van der Waals surface area contributed by atoms with Gasteiger partial charge < -0.3 is 24.3 Å². The first-order valence-electron chi connectivity index (χ1n) is 7.80. The van der Waals surface area contributed by atoms with Crippen LogP contribution < -0.4 is 5.32 Å². The zero-order valence-electron chi connectivity index (χ0n) is 13.7. The van der Waals surface area contributed by atoms with Gasteiger partial charge in [-0.25, -0.2) is 0 Å². The van der Waals surface area contributed by atoms with Gasteiger partial charge in [-0.2, -0.15) is 0 Å². The molecule has 0 saturated carbocycles. The molecule has 1 unspecified atom stereocenters. The van der Waals surface area contributed by atoms with Gasteiger partial charge in [-0.1, -0.05) is 6.92 Å². The molecule has 0 bridgehead atoms. The van der Waals surface area contributed by atoms with Gasteiger partial charge in [-0.15, -0.1) is 0 Å². The van der Waals surface area contributed by atoms with E-state index in [1.165, 1.54) is 0 Å². The van der Waals surface area contributed by atoms with Gasteiger partial charge in [0.1, 0.15) is 6.04 Å². The van der Waals surface area contributed by atoms with Gasteiger partial charge >= 0.3 is 5.97 Å². The molecule has 0 spiro atoms. The summed E-state index contributed by atoms with van der Waals surface area (Å²) >= 11 is 0. The number of esters is 1. The molecule has 0 aliphatic rings. The van der Waals surface area contributed by atoms with Crippen molar-refractivity contribution in [2.24, 2.45) is 0 Å². The molecule has 0 aromatic carbocycles. The van der Waals surface area contributed by atoms with Crippen LogP contribution in [0.3, 0.4) is 0 Å². The minimum atomic E-state index is -0.275. The number of carbonyl (C=O) groups is 1. The van der Waals surface area contributed by atoms with Crippen LogP contribution in [0.15, 0.2) is 0 Å². The zero-order valence-corrected chi connectivity index (χ0v) is 13.7. The molecule has 0 aliphatic heterocycles. The topological polar surface area (TPSA) is 66.0 Å². The molecule has 1 N–H and O–H groups in total. The summed E-state index contributed by atoms with van der Waals surface area (Å²) in [6.45, 7) is 8.16. The summed E-state index contributed by atoms with van der Waals surface area (Å²) in [5.74, 6) is -0.197. The van der Waals surface area contributed by atoms with E-state index in [1.54, 1.807) is 7.11 Å². The fourth-order valence-electron chi connectivity index (χ4n) is 1.68. The van der Waals surface area contributed by atoms with Crippen LogP contribution in [0.4, 0.5) is 0 Å². The van der Waals surface area contributed by atoms with Crippen molar-refractivity contribution < 1.29 is 23.7 Å². The fraction of sp³-hybridized carbons (Fsp3) is 0.933. The van der Waals surface area contributed by atoms with Gasteiger partial charge in [0.15, 0.2) is 0 Å². The lowest BCUT2D eigenvalue weighted by atomic mass is 10.2. The van der Waals surface area contributed by atoms with Crippen molar-refractivity contribution in [3.63, 3.8) is 0 Å². The SMILES string of the molecule is CCCNC(CCOCCCOCCOC)C(=O)OCC. The Morgan fingerprint density at radius 2 is 1.76 bits per heavy atom. The summed E-state index contributed by atoms with van der Waals surface area (Å²) in [6, 6.07) is -0.275. The van der Waals surface area contributed by atoms with Gasteiger partial charge in [0, 0.05) is 26.9 Å². The Hall–Kier alpha value is -0.690. The average Bonchev–Trinajstić information content (AvgIpc) is 2.48. The summed E-state index contributed by atoms with van der Waals surface area (Å²) in [5, 5.41) is 3.19. The smallest absolute Gasteiger partial charge is 0.323 e. The van der Waals surface area contributed by atoms with Crippen LogP contribution in [0, 0.1) is 0 Å². The molecule has 0 saturated heterocycles. The second kappa shape index (κ2) is 15.7. The Morgan fingerprint density at radius 1 is 1.05 bits per heavy atom. The lowest BCUT2D eigenvalue weighted by Crippen LogP contribution is -2.39. The quantitative estimate of drug-likeness (QED) is 0.364. The molecule has 6 heteroatoms. The standard InChI is InChI=1S/C15H31NO5/c1-4-8-16-14(15(17)21-5-2)7-11-19-9-6-10-20-13-12-18-3/h14,16H,4-13H2,1-3H3. The van der Waals surface area contributed by atoms with Crippen LogP contribution in [0.25, 0.3) is 0 Å². The van der Waals surface area contributed by atoms with E-state index in [4.69, 9.17) is 18.9 Å². The summed E-state index contributed by atoms with van der Waals surface area (Å²) in [5.41, 5.74) is 0. The molecule has 6 nitrogen and oxygen atoms in total. The van der Waals surface area contributed by atoms with Crippen LogP contribution in [-0.2, 0) is 23.7 Å². The summed E-state index contributed by atoms with van der Waals surface area (Å²) in [6.07, 6.45) is 2.45. The number of nitrogens with one attached hydrogen (secondary N) is 1. The van der Waals surface area contributed by atoms with Gasteiger partial charge in [0.25, 0.3) is 0 Å². The largest absolute Gasteiger partial charge is 0.465 e. The maximum Gasteiger partial charge on any atom is 0.323 e. The number of ether oxygens (including phenoxy) is 4. The van der Waals surface area contributed by atoms with Crippen molar-refractivity contribution in [1.82, 2.24) is 5.32 Å². The number of rotatable bonds is 15. The third-order valence-electron chi connectivity index (χ3n) is 2.77. The normalized spacial score (nSPS) is 12.3. The number of hydrogen-bond donors (Lipinski definition) is 1. The van der Waals surface area contributed by atoms with Gasteiger partial charge in [-0.3, -0.25) is 4.79 Å². The summed E-state index contributed by atoms with van der Waals surface area (Å²) in [4.78, 5) is 11.7. The zero-order chi connectivity index (χ0) is 15.8. The third kappa shape index (κ3) is 12.7. The van der Waals surface area contributed by atoms with Crippen LogP contribution in [0.2, 0.25) is 0 Å². The lowest BCUT2D eigenvalue weighted by Gasteiger charge is -2.16. The molecule has 0 rings (SSSR count). The second-order valence-electron chi connectivity index (χ2n) is 4.62. The van der Waals surface area contributed by atoms with Crippen LogP contribution in [-0.4, -0.2) is 65.3 Å². The highest BCUT2D eigenvalue weighted by Crippen LogP contribution is 1.98. The van der Waals surface area contributed by atoms with Crippen molar-refractivity contribution in [3.05, 3.63) is 0 Å². The van der Waals surface area contributed by atoms with Crippen LogP contribution >= 0.6 is 0 Å². The monoisotopic (exact) mass is 305 g/mol. The minimum absolute atomic E-state index is 0.197. The Kier molecular flexibility index (Phi) is 15.2. The van der Waals surface area contributed by atoms with E-state index in [1.807, 2.05) is 6.92 Å². The van der Waals surface area contributed by atoms with Crippen molar-refractivity contribution in [2.45, 2.75) is 39.2 Å². The minimum Gasteiger partial charge on any atom is -0.465 e. The molecule has 0 aromatic heterocycles. The first kappa shape index (κ1) is 20.3. The summed E-state index contributed by atoms with van der Waals surface area (Å²) in [7, 11) is 1.65. The predicted molar refractivity (Wildman–Crippen MR) is 81.5 cm³/mol. The maximum absolute atomic E-state index is 11.7. The van der Waals surface area contributed by atoms with Gasteiger partial charge in [-0.05, 0) is 32.7 Å². The molecule has 0 aliphatic carbocycles. The molecule has 0 fully saturated rings. The highest BCUT2D eigenvalue weighted by Gasteiger charge is 2.18. The van der Waals surface area contributed by atoms with E-state index in [0.29, 0.717) is 46.1 Å². The third-order valence-corrected chi connectivity index (χ3v) is 2.77. The highest BCUT2D eigenvalue weighted by molar-refractivity contribution is 5.75. The van der Waals surface area contributed by atoms with Crippen molar-refractivity contribution >= 4 is 5.97 Å². The molecule has 0 heterocycles. The molecule has 21 heavy (non-hydrogen) atoms. The average molecular weight is 305 g/mol. The molecule has 0 aromatic rings. The maximum atomic E-state index is 11.7. The molecule has 126 valence electrons. The second-order valence-corrected chi connectivity index (χ2v) is 4.62. The van der Waals surface area contributed by atoms with E-state index in [0.717, 1.165) is 19.4 Å².